The lowest BCUT2D eigenvalue weighted by atomic mass is 10.2. The zero-order valence-electron chi connectivity index (χ0n) is 10.9. The van der Waals surface area contributed by atoms with E-state index in [1.807, 2.05) is 25.1 Å². The third kappa shape index (κ3) is 3.41. The fourth-order valence-corrected chi connectivity index (χ4v) is 2.74. The van der Waals surface area contributed by atoms with Gasteiger partial charge >= 0.3 is 0 Å². The van der Waals surface area contributed by atoms with Gasteiger partial charge in [0.15, 0.2) is 0 Å². The van der Waals surface area contributed by atoms with Gasteiger partial charge in [-0.05, 0) is 42.8 Å². The molecule has 0 amide bonds. The highest BCUT2D eigenvalue weighted by atomic mass is 32.2. The fraction of sp³-hybridized carbons (Fsp3) is 0.200. The van der Waals surface area contributed by atoms with Crippen molar-refractivity contribution in [2.75, 3.05) is 12.8 Å². The third-order valence-corrected chi connectivity index (χ3v) is 3.93. The van der Waals surface area contributed by atoms with Crippen LogP contribution in [-0.2, 0) is 5.75 Å². The largest absolute Gasteiger partial charge is 0.496 e. The van der Waals surface area contributed by atoms with Gasteiger partial charge in [0, 0.05) is 21.9 Å². The molecule has 0 radical (unpaired) electrons. The van der Waals surface area contributed by atoms with Crippen LogP contribution in [0.1, 0.15) is 11.1 Å². The summed E-state index contributed by atoms with van der Waals surface area (Å²) in [6.07, 6.45) is 0. The van der Waals surface area contributed by atoms with E-state index in [4.69, 9.17) is 10.5 Å². The number of nitrogen functional groups attached to an aromatic ring is 1. The van der Waals surface area contributed by atoms with Crippen molar-refractivity contribution in [3.05, 3.63) is 53.3 Å². The van der Waals surface area contributed by atoms with Gasteiger partial charge in [0.05, 0.1) is 7.11 Å². The van der Waals surface area contributed by atoms with Crippen LogP contribution in [0.5, 0.6) is 5.75 Å². The van der Waals surface area contributed by atoms with Crippen LogP contribution in [-0.4, -0.2) is 7.11 Å². The molecule has 0 atom stereocenters. The van der Waals surface area contributed by atoms with Gasteiger partial charge in [0.1, 0.15) is 11.6 Å². The quantitative estimate of drug-likeness (QED) is 0.677. The molecule has 2 aromatic carbocycles. The molecule has 0 aliphatic heterocycles. The van der Waals surface area contributed by atoms with Crippen molar-refractivity contribution in [1.82, 2.24) is 0 Å². The smallest absolute Gasteiger partial charge is 0.123 e. The zero-order valence-corrected chi connectivity index (χ0v) is 11.8. The van der Waals surface area contributed by atoms with E-state index in [1.165, 1.54) is 12.1 Å². The van der Waals surface area contributed by atoms with Gasteiger partial charge in [0.25, 0.3) is 0 Å². The standard InChI is InChI=1S/C15H16FNOS/c1-10-3-6-15(13(17)7-10)19-9-11-8-12(16)4-5-14(11)18-2/h3-8H,9,17H2,1-2H3. The molecule has 19 heavy (non-hydrogen) atoms. The van der Waals surface area contributed by atoms with Gasteiger partial charge in [0.2, 0.25) is 0 Å². The Morgan fingerprint density at radius 3 is 2.68 bits per heavy atom. The fourth-order valence-electron chi connectivity index (χ4n) is 1.81. The van der Waals surface area contributed by atoms with Crippen molar-refractivity contribution in [2.45, 2.75) is 17.6 Å². The number of thioether (sulfide) groups is 1. The van der Waals surface area contributed by atoms with Gasteiger partial charge in [-0.25, -0.2) is 4.39 Å². The van der Waals surface area contributed by atoms with Crippen LogP contribution in [0.15, 0.2) is 41.3 Å². The minimum absolute atomic E-state index is 0.256. The van der Waals surface area contributed by atoms with Crippen LogP contribution in [0, 0.1) is 12.7 Å². The maximum atomic E-state index is 13.3. The minimum atomic E-state index is -0.256. The van der Waals surface area contributed by atoms with Crippen LogP contribution < -0.4 is 10.5 Å². The van der Waals surface area contributed by atoms with Crippen LogP contribution in [0.25, 0.3) is 0 Å². The van der Waals surface area contributed by atoms with E-state index in [0.29, 0.717) is 11.5 Å². The molecule has 0 aliphatic rings. The van der Waals surface area contributed by atoms with Gasteiger partial charge in [-0.2, -0.15) is 0 Å². The Morgan fingerprint density at radius 1 is 1.21 bits per heavy atom. The van der Waals surface area contributed by atoms with E-state index in [9.17, 15) is 4.39 Å². The van der Waals surface area contributed by atoms with Gasteiger partial charge in [-0.15, -0.1) is 11.8 Å². The molecule has 2 rings (SSSR count). The number of methoxy groups -OCH3 is 1. The zero-order chi connectivity index (χ0) is 13.8. The Balaban J connectivity index is 2.16. The molecule has 2 N–H and O–H groups in total. The third-order valence-electron chi connectivity index (χ3n) is 2.79. The van der Waals surface area contributed by atoms with E-state index in [0.717, 1.165) is 21.7 Å². The highest BCUT2D eigenvalue weighted by Crippen LogP contribution is 2.32. The molecule has 0 bridgehead atoms. The first-order valence-electron chi connectivity index (χ1n) is 5.91. The molecule has 0 aliphatic carbocycles. The Hall–Kier alpha value is -1.68. The van der Waals surface area contributed by atoms with E-state index < -0.39 is 0 Å². The molecule has 100 valence electrons. The minimum Gasteiger partial charge on any atom is -0.496 e. The number of rotatable bonds is 4. The second-order valence-corrected chi connectivity index (χ2v) is 5.30. The van der Waals surface area contributed by atoms with Crippen LogP contribution in [0.4, 0.5) is 10.1 Å². The monoisotopic (exact) mass is 277 g/mol. The molecule has 2 aromatic rings. The van der Waals surface area contributed by atoms with E-state index in [2.05, 4.69) is 0 Å². The number of ether oxygens (including phenoxy) is 1. The Bertz CT molecular complexity index is 586. The first-order valence-corrected chi connectivity index (χ1v) is 6.90. The lowest BCUT2D eigenvalue weighted by molar-refractivity contribution is 0.410. The Morgan fingerprint density at radius 2 is 2.00 bits per heavy atom. The number of halogens is 1. The van der Waals surface area contributed by atoms with Crippen molar-refractivity contribution in [3.8, 4) is 5.75 Å². The molecule has 0 aromatic heterocycles. The summed E-state index contributed by atoms with van der Waals surface area (Å²) in [5.74, 6) is 1.06. The molecule has 0 heterocycles. The molecule has 0 saturated heterocycles. The van der Waals surface area contributed by atoms with E-state index in [-0.39, 0.29) is 5.82 Å². The van der Waals surface area contributed by atoms with Crippen LogP contribution in [0.3, 0.4) is 0 Å². The second-order valence-electron chi connectivity index (χ2n) is 4.29. The first kappa shape index (κ1) is 13.7. The lowest BCUT2D eigenvalue weighted by Crippen LogP contribution is -1.93. The first-order chi connectivity index (χ1) is 9.10. The molecule has 2 nitrogen and oxygen atoms in total. The van der Waals surface area contributed by atoms with Crippen molar-refractivity contribution in [3.63, 3.8) is 0 Å². The summed E-state index contributed by atoms with van der Waals surface area (Å²) >= 11 is 1.58. The van der Waals surface area contributed by atoms with E-state index in [1.54, 1.807) is 24.9 Å². The van der Waals surface area contributed by atoms with Gasteiger partial charge < -0.3 is 10.5 Å². The summed E-state index contributed by atoms with van der Waals surface area (Å²) in [7, 11) is 1.58. The van der Waals surface area contributed by atoms with Gasteiger partial charge in [-0.1, -0.05) is 6.07 Å². The number of benzene rings is 2. The summed E-state index contributed by atoms with van der Waals surface area (Å²) in [6.45, 7) is 2.00. The number of nitrogens with two attached hydrogens (primary N) is 1. The molecule has 0 fully saturated rings. The second kappa shape index (κ2) is 5.97. The normalized spacial score (nSPS) is 10.5. The topological polar surface area (TPSA) is 35.2 Å². The highest BCUT2D eigenvalue weighted by Gasteiger charge is 2.07. The highest BCUT2D eigenvalue weighted by molar-refractivity contribution is 7.98. The summed E-state index contributed by atoms with van der Waals surface area (Å²) < 4.78 is 18.5. The molecule has 0 saturated carbocycles. The molecule has 0 unspecified atom stereocenters. The molecule has 0 spiro atoms. The maximum absolute atomic E-state index is 13.3. The molecular weight excluding hydrogens is 261 g/mol. The molecule has 4 heteroatoms. The number of anilines is 1. The van der Waals surface area contributed by atoms with Crippen molar-refractivity contribution < 1.29 is 9.13 Å². The van der Waals surface area contributed by atoms with Crippen LogP contribution in [0.2, 0.25) is 0 Å². The van der Waals surface area contributed by atoms with Crippen molar-refractivity contribution >= 4 is 17.4 Å². The molecular formula is C15H16FNOS. The average Bonchev–Trinajstić information content (AvgIpc) is 2.38. The summed E-state index contributed by atoms with van der Waals surface area (Å²) in [5, 5.41) is 0. The van der Waals surface area contributed by atoms with Gasteiger partial charge in [-0.3, -0.25) is 0 Å². The SMILES string of the molecule is COc1ccc(F)cc1CSc1ccc(C)cc1N. The number of hydrogen-bond acceptors (Lipinski definition) is 3. The van der Waals surface area contributed by atoms with E-state index >= 15 is 0 Å². The van der Waals surface area contributed by atoms with Crippen molar-refractivity contribution in [2.24, 2.45) is 0 Å². The average molecular weight is 277 g/mol. The number of hydrogen-bond donors (Lipinski definition) is 1. The maximum Gasteiger partial charge on any atom is 0.123 e. The lowest BCUT2D eigenvalue weighted by Gasteiger charge is -2.10. The van der Waals surface area contributed by atoms with Crippen molar-refractivity contribution in [1.29, 1.82) is 0 Å². The van der Waals surface area contributed by atoms with Crippen LogP contribution >= 0.6 is 11.8 Å². The Kier molecular flexibility index (Phi) is 4.32. The summed E-state index contributed by atoms with van der Waals surface area (Å²) in [4.78, 5) is 0.997. The Labute approximate surface area is 116 Å². The predicted molar refractivity (Wildman–Crippen MR) is 78.1 cm³/mol. The summed E-state index contributed by atoms with van der Waals surface area (Å²) in [6, 6.07) is 10.5. The predicted octanol–water partition coefficient (Wildman–Crippen LogP) is 4.02. The number of aryl methyl sites for hydroxylation is 1. The summed E-state index contributed by atoms with van der Waals surface area (Å²) in [5.41, 5.74) is 8.67.